The maximum absolute atomic E-state index is 12.5. The normalized spacial score (nSPS) is 10.3. The quantitative estimate of drug-likeness (QED) is 0.704. The molecule has 7 heteroatoms. The fraction of sp³-hybridized carbons (Fsp3) is 0.150. The van der Waals surface area contributed by atoms with Gasteiger partial charge in [0, 0.05) is 18.8 Å². The lowest BCUT2D eigenvalue weighted by Gasteiger charge is -2.07. The topological polar surface area (TPSA) is 85.2 Å². The highest BCUT2D eigenvalue weighted by atomic mass is 16.5. The van der Waals surface area contributed by atoms with Crippen molar-refractivity contribution in [3.63, 3.8) is 0 Å². The fourth-order valence-electron chi connectivity index (χ4n) is 2.57. The van der Waals surface area contributed by atoms with Crippen LogP contribution in [-0.2, 0) is 11.3 Å². The molecule has 2 amide bonds. The van der Waals surface area contributed by atoms with Crippen molar-refractivity contribution in [3.05, 3.63) is 66.5 Å². The van der Waals surface area contributed by atoms with E-state index in [1.165, 1.54) is 10.9 Å². The first kappa shape index (κ1) is 18.2. The summed E-state index contributed by atoms with van der Waals surface area (Å²) < 4.78 is 6.63. The number of hydrogen-bond donors (Lipinski definition) is 2. The molecule has 138 valence electrons. The Labute approximate surface area is 157 Å². The number of benzene rings is 2. The van der Waals surface area contributed by atoms with Crippen LogP contribution in [0, 0.1) is 0 Å². The fourth-order valence-corrected chi connectivity index (χ4v) is 2.57. The molecule has 7 nitrogen and oxygen atoms in total. The molecule has 0 aliphatic heterocycles. The van der Waals surface area contributed by atoms with E-state index in [1.807, 2.05) is 42.5 Å². The Kier molecular flexibility index (Phi) is 5.51. The largest absolute Gasteiger partial charge is 0.497 e. The second kappa shape index (κ2) is 8.18. The highest BCUT2D eigenvalue weighted by Gasteiger charge is 2.10. The summed E-state index contributed by atoms with van der Waals surface area (Å²) in [6.07, 6.45) is 3.12. The molecule has 0 aliphatic rings. The van der Waals surface area contributed by atoms with Crippen LogP contribution in [0.25, 0.3) is 11.1 Å². The summed E-state index contributed by atoms with van der Waals surface area (Å²) in [5.74, 6) is 0.370. The van der Waals surface area contributed by atoms with Gasteiger partial charge in [-0.2, -0.15) is 5.10 Å². The lowest BCUT2D eigenvalue weighted by molar-refractivity contribution is -0.121. The molecule has 0 radical (unpaired) electrons. The average molecular weight is 364 g/mol. The number of nitrogens with zero attached hydrogens (tertiary/aromatic N) is 2. The van der Waals surface area contributed by atoms with Crippen molar-refractivity contribution in [1.82, 2.24) is 15.1 Å². The first-order chi connectivity index (χ1) is 13.1. The Balaban J connectivity index is 1.72. The molecular formula is C20H20N4O3. The Morgan fingerprint density at radius 1 is 1.11 bits per heavy atom. The smallest absolute Gasteiger partial charge is 0.255 e. The van der Waals surface area contributed by atoms with E-state index in [2.05, 4.69) is 15.7 Å². The SMILES string of the molecule is CNC(=O)Cn1cc(NC(=O)c2cccc(-c3ccc(OC)cc3)c2)cn1. The summed E-state index contributed by atoms with van der Waals surface area (Å²) >= 11 is 0. The Hall–Kier alpha value is -3.61. The molecular weight excluding hydrogens is 344 g/mol. The molecule has 0 spiro atoms. The first-order valence-electron chi connectivity index (χ1n) is 8.38. The van der Waals surface area contributed by atoms with Crippen molar-refractivity contribution in [1.29, 1.82) is 0 Å². The number of methoxy groups -OCH3 is 1. The van der Waals surface area contributed by atoms with E-state index in [9.17, 15) is 9.59 Å². The lowest BCUT2D eigenvalue weighted by Crippen LogP contribution is -2.23. The Morgan fingerprint density at radius 2 is 1.89 bits per heavy atom. The molecule has 0 fully saturated rings. The van der Waals surface area contributed by atoms with E-state index < -0.39 is 0 Å². The predicted molar refractivity (Wildman–Crippen MR) is 103 cm³/mol. The molecule has 3 rings (SSSR count). The first-order valence-corrected chi connectivity index (χ1v) is 8.38. The van der Waals surface area contributed by atoms with Gasteiger partial charge in [-0.3, -0.25) is 14.3 Å². The van der Waals surface area contributed by atoms with Crippen LogP contribution in [0.1, 0.15) is 10.4 Å². The molecule has 1 aromatic heterocycles. The third-order valence-electron chi connectivity index (χ3n) is 4.02. The van der Waals surface area contributed by atoms with E-state index in [4.69, 9.17) is 4.74 Å². The molecule has 0 aliphatic carbocycles. The zero-order chi connectivity index (χ0) is 19.2. The van der Waals surface area contributed by atoms with Crippen molar-refractivity contribution in [3.8, 4) is 16.9 Å². The van der Waals surface area contributed by atoms with Crippen molar-refractivity contribution < 1.29 is 14.3 Å². The monoisotopic (exact) mass is 364 g/mol. The number of likely N-dealkylation sites (N-methyl/N-ethyl adjacent to an activating group) is 1. The van der Waals surface area contributed by atoms with Gasteiger partial charge in [-0.1, -0.05) is 24.3 Å². The molecule has 0 bridgehead atoms. The van der Waals surface area contributed by atoms with Gasteiger partial charge < -0.3 is 15.4 Å². The molecule has 1 heterocycles. The molecule has 27 heavy (non-hydrogen) atoms. The maximum Gasteiger partial charge on any atom is 0.255 e. The summed E-state index contributed by atoms with van der Waals surface area (Å²) in [7, 11) is 3.18. The zero-order valence-electron chi connectivity index (χ0n) is 15.1. The lowest BCUT2D eigenvalue weighted by atomic mass is 10.0. The standard InChI is InChI=1S/C20H20N4O3/c1-21-19(25)13-24-12-17(11-22-24)23-20(26)16-5-3-4-15(10-16)14-6-8-18(27-2)9-7-14/h3-12H,13H2,1-2H3,(H,21,25)(H,23,26). The van der Waals surface area contributed by atoms with Gasteiger partial charge in [0.2, 0.25) is 5.91 Å². The summed E-state index contributed by atoms with van der Waals surface area (Å²) in [6.45, 7) is 0.0966. The van der Waals surface area contributed by atoms with Gasteiger partial charge in [0.25, 0.3) is 5.91 Å². The summed E-state index contributed by atoms with van der Waals surface area (Å²) in [5.41, 5.74) is 2.98. The molecule has 0 saturated heterocycles. The van der Waals surface area contributed by atoms with Gasteiger partial charge in [0.15, 0.2) is 0 Å². The van der Waals surface area contributed by atoms with Crippen LogP contribution in [0.2, 0.25) is 0 Å². The van der Waals surface area contributed by atoms with E-state index >= 15 is 0 Å². The highest BCUT2D eigenvalue weighted by molar-refractivity contribution is 6.04. The molecule has 0 atom stereocenters. The van der Waals surface area contributed by atoms with Crippen molar-refractivity contribution in [2.45, 2.75) is 6.54 Å². The van der Waals surface area contributed by atoms with Crippen LogP contribution in [0.4, 0.5) is 5.69 Å². The van der Waals surface area contributed by atoms with E-state index in [0.717, 1.165) is 16.9 Å². The number of hydrogen-bond acceptors (Lipinski definition) is 4. The number of ether oxygens (including phenoxy) is 1. The predicted octanol–water partition coefficient (Wildman–Crippen LogP) is 2.56. The van der Waals surface area contributed by atoms with Crippen LogP contribution in [0.3, 0.4) is 0 Å². The number of rotatable bonds is 6. The van der Waals surface area contributed by atoms with Crippen LogP contribution in [0.15, 0.2) is 60.9 Å². The second-order valence-corrected chi connectivity index (χ2v) is 5.86. The van der Waals surface area contributed by atoms with Gasteiger partial charge in [-0.25, -0.2) is 0 Å². The third-order valence-corrected chi connectivity index (χ3v) is 4.02. The maximum atomic E-state index is 12.5. The van der Waals surface area contributed by atoms with Crippen molar-refractivity contribution in [2.75, 3.05) is 19.5 Å². The highest BCUT2D eigenvalue weighted by Crippen LogP contribution is 2.23. The molecule has 0 unspecified atom stereocenters. The number of aromatic nitrogens is 2. The average Bonchev–Trinajstić information content (AvgIpc) is 3.14. The Bertz CT molecular complexity index is 948. The van der Waals surface area contributed by atoms with Gasteiger partial charge in [0.1, 0.15) is 12.3 Å². The molecule has 0 saturated carbocycles. The van der Waals surface area contributed by atoms with E-state index in [-0.39, 0.29) is 18.4 Å². The van der Waals surface area contributed by atoms with E-state index in [1.54, 1.807) is 26.4 Å². The van der Waals surface area contributed by atoms with Crippen molar-refractivity contribution >= 4 is 17.5 Å². The third kappa shape index (κ3) is 4.52. The second-order valence-electron chi connectivity index (χ2n) is 5.86. The van der Waals surface area contributed by atoms with Crippen LogP contribution < -0.4 is 15.4 Å². The molecule has 3 aromatic rings. The van der Waals surface area contributed by atoms with Crippen LogP contribution in [-0.4, -0.2) is 35.8 Å². The minimum absolute atomic E-state index is 0.0966. The summed E-state index contributed by atoms with van der Waals surface area (Å²) in [5, 5.41) is 9.38. The number of carbonyl (C=O) groups excluding carboxylic acids is 2. The number of nitrogens with one attached hydrogen (secondary N) is 2. The van der Waals surface area contributed by atoms with Gasteiger partial charge in [-0.15, -0.1) is 0 Å². The summed E-state index contributed by atoms with van der Waals surface area (Å²) in [4.78, 5) is 23.9. The Morgan fingerprint density at radius 3 is 2.59 bits per heavy atom. The van der Waals surface area contributed by atoms with Crippen molar-refractivity contribution in [2.24, 2.45) is 0 Å². The van der Waals surface area contributed by atoms with E-state index in [0.29, 0.717) is 11.3 Å². The number of carbonyl (C=O) groups is 2. The number of anilines is 1. The van der Waals surface area contributed by atoms with Crippen LogP contribution in [0.5, 0.6) is 5.75 Å². The molecule has 2 aromatic carbocycles. The minimum Gasteiger partial charge on any atom is -0.497 e. The molecule has 2 N–H and O–H groups in total. The van der Waals surface area contributed by atoms with Gasteiger partial charge in [-0.05, 0) is 35.4 Å². The van der Waals surface area contributed by atoms with Crippen LogP contribution >= 0.6 is 0 Å². The minimum atomic E-state index is -0.246. The van der Waals surface area contributed by atoms with Gasteiger partial charge in [0.05, 0.1) is 19.0 Å². The summed E-state index contributed by atoms with van der Waals surface area (Å²) in [6, 6.07) is 15.0. The zero-order valence-corrected chi connectivity index (χ0v) is 15.1. The number of amides is 2. The van der Waals surface area contributed by atoms with Gasteiger partial charge >= 0.3 is 0 Å².